The monoisotopic (exact) mass is 226 g/mol. The summed E-state index contributed by atoms with van der Waals surface area (Å²) in [7, 11) is 0. The van der Waals surface area contributed by atoms with E-state index in [1.54, 1.807) is 0 Å². The van der Waals surface area contributed by atoms with E-state index in [1.165, 1.54) is 12.8 Å². The fourth-order valence-corrected chi connectivity index (χ4v) is 2.41. The highest BCUT2D eigenvalue weighted by atomic mass is 16.1. The van der Waals surface area contributed by atoms with E-state index in [0.29, 0.717) is 6.04 Å². The quantitative estimate of drug-likeness (QED) is 0.754. The summed E-state index contributed by atoms with van der Waals surface area (Å²) in [6.07, 6.45) is 6.58. The molecule has 1 fully saturated rings. The topological polar surface area (TPSA) is 55.1 Å². The molecule has 16 heavy (non-hydrogen) atoms. The molecule has 0 heterocycles. The predicted octanol–water partition coefficient (Wildman–Crippen LogP) is 2.06. The van der Waals surface area contributed by atoms with Crippen LogP contribution in [0.4, 0.5) is 0 Å². The predicted molar refractivity (Wildman–Crippen MR) is 67.0 cm³/mol. The van der Waals surface area contributed by atoms with Gasteiger partial charge in [-0.15, -0.1) is 0 Å². The molecular formula is C13H26N2O. The average molecular weight is 226 g/mol. The SMILES string of the molecule is CCC(C)NC(=O)C1CCC(CCN)CC1. The van der Waals surface area contributed by atoms with Gasteiger partial charge in [0.15, 0.2) is 0 Å². The number of rotatable bonds is 5. The summed E-state index contributed by atoms with van der Waals surface area (Å²) in [4.78, 5) is 11.9. The van der Waals surface area contributed by atoms with Crippen molar-refractivity contribution in [3.05, 3.63) is 0 Å². The van der Waals surface area contributed by atoms with Gasteiger partial charge in [-0.2, -0.15) is 0 Å². The van der Waals surface area contributed by atoms with Crippen molar-refractivity contribution in [1.29, 1.82) is 0 Å². The zero-order chi connectivity index (χ0) is 12.0. The third-order valence-electron chi connectivity index (χ3n) is 3.79. The van der Waals surface area contributed by atoms with Gasteiger partial charge in [-0.3, -0.25) is 4.79 Å². The molecule has 0 aliphatic heterocycles. The van der Waals surface area contributed by atoms with Crippen LogP contribution >= 0.6 is 0 Å². The van der Waals surface area contributed by atoms with Gasteiger partial charge in [0.2, 0.25) is 5.91 Å². The lowest BCUT2D eigenvalue weighted by Gasteiger charge is -2.28. The third kappa shape index (κ3) is 4.12. The van der Waals surface area contributed by atoms with Crippen LogP contribution in [0.5, 0.6) is 0 Å². The molecule has 3 heteroatoms. The molecular weight excluding hydrogens is 200 g/mol. The Morgan fingerprint density at radius 2 is 2.00 bits per heavy atom. The molecule has 0 saturated heterocycles. The van der Waals surface area contributed by atoms with Crippen molar-refractivity contribution in [2.24, 2.45) is 17.6 Å². The summed E-state index contributed by atoms with van der Waals surface area (Å²) in [5, 5.41) is 3.08. The van der Waals surface area contributed by atoms with Crippen molar-refractivity contribution >= 4 is 5.91 Å². The van der Waals surface area contributed by atoms with Crippen LogP contribution in [0.3, 0.4) is 0 Å². The fourth-order valence-electron chi connectivity index (χ4n) is 2.41. The summed E-state index contributed by atoms with van der Waals surface area (Å²) in [5.41, 5.74) is 5.56. The van der Waals surface area contributed by atoms with Crippen LogP contribution in [0.2, 0.25) is 0 Å². The second-order valence-electron chi connectivity index (χ2n) is 5.11. The minimum atomic E-state index is 0.253. The maximum atomic E-state index is 11.9. The van der Waals surface area contributed by atoms with E-state index >= 15 is 0 Å². The smallest absolute Gasteiger partial charge is 0.223 e. The first-order valence-corrected chi connectivity index (χ1v) is 6.67. The number of hydrogen-bond donors (Lipinski definition) is 2. The molecule has 1 saturated carbocycles. The number of amides is 1. The van der Waals surface area contributed by atoms with Crippen LogP contribution in [0.1, 0.15) is 52.4 Å². The zero-order valence-corrected chi connectivity index (χ0v) is 10.7. The lowest BCUT2D eigenvalue weighted by molar-refractivity contribution is -0.126. The van der Waals surface area contributed by atoms with Gasteiger partial charge >= 0.3 is 0 Å². The number of carbonyl (C=O) groups excluding carboxylic acids is 1. The fraction of sp³-hybridized carbons (Fsp3) is 0.923. The van der Waals surface area contributed by atoms with Gasteiger partial charge < -0.3 is 11.1 Å². The lowest BCUT2D eigenvalue weighted by Crippen LogP contribution is -2.38. The number of nitrogens with two attached hydrogens (primary N) is 1. The van der Waals surface area contributed by atoms with Gasteiger partial charge in [-0.25, -0.2) is 0 Å². The van der Waals surface area contributed by atoms with Crippen LogP contribution in [0.15, 0.2) is 0 Å². The van der Waals surface area contributed by atoms with Crippen molar-refractivity contribution in [2.75, 3.05) is 6.54 Å². The third-order valence-corrected chi connectivity index (χ3v) is 3.79. The van der Waals surface area contributed by atoms with Crippen molar-refractivity contribution in [2.45, 2.75) is 58.4 Å². The van der Waals surface area contributed by atoms with Crippen LogP contribution in [0, 0.1) is 11.8 Å². The minimum Gasteiger partial charge on any atom is -0.353 e. The largest absolute Gasteiger partial charge is 0.353 e. The molecule has 1 aliphatic rings. The molecule has 1 rings (SSSR count). The van der Waals surface area contributed by atoms with Crippen molar-refractivity contribution in [1.82, 2.24) is 5.32 Å². The Bertz CT molecular complexity index is 210. The van der Waals surface area contributed by atoms with Crippen molar-refractivity contribution < 1.29 is 4.79 Å². The van der Waals surface area contributed by atoms with Crippen molar-refractivity contribution in [3.8, 4) is 0 Å². The number of carbonyl (C=O) groups is 1. The Kier molecular flexibility index (Phi) is 5.81. The molecule has 1 unspecified atom stereocenters. The molecule has 1 atom stereocenters. The lowest BCUT2D eigenvalue weighted by atomic mass is 9.80. The highest BCUT2D eigenvalue weighted by Gasteiger charge is 2.26. The first-order valence-electron chi connectivity index (χ1n) is 6.67. The highest BCUT2D eigenvalue weighted by Crippen LogP contribution is 2.30. The van der Waals surface area contributed by atoms with E-state index in [4.69, 9.17) is 5.73 Å². The molecule has 3 nitrogen and oxygen atoms in total. The molecule has 0 radical (unpaired) electrons. The van der Waals surface area contributed by atoms with E-state index < -0.39 is 0 Å². The van der Waals surface area contributed by atoms with Gasteiger partial charge in [0.25, 0.3) is 0 Å². The van der Waals surface area contributed by atoms with E-state index in [2.05, 4.69) is 19.2 Å². The van der Waals surface area contributed by atoms with Crippen LogP contribution < -0.4 is 11.1 Å². The van der Waals surface area contributed by atoms with Crippen LogP contribution in [-0.4, -0.2) is 18.5 Å². The second-order valence-corrected chi connectivity index (χ2v) is 5.11. The first kappa shape index (κ1) is 13.5. The summed E-state index contributed by atoms with van der Waals surface area (Å²) in [6.45, 7) is 4.95. The molecule has 0 aromatic carbocycles. The van der Waals surface area contributed by atoms with Crippen molar-refractivity contribution in [3.63, 3.8) is 0 Å². The van der Waals surface area contributed by atoms with E-state index in [-0.39, 0.29) is 11.8 Å². The Labute approximate surface area is 99.2 Å². The number of hydrogen-bond acceptors (Lipinski definition) is 2. The average Bonchev–Trinajstić information content (AvgIpc) is 2.30. The van der Waals surface area contributed by atoms with E-state index in [1.807, 2.05) is 0 Å². The Morgan fingerprint density at radius 1 is 1.38 bits per heavy atom. The summed E-state index contributed by atoms with van der Waals surface area (Å²) < 4.78 is 0. The summed E-state index contributed by atoms with van der Waals surface area (Å²) in [6, 6.07) is 0.314. The zero-order valence-electron chi connectivity index (χ0n) is 10.7. The maximum Gasteiger partial charge on any atom is 0.223 e. The van der Waals surface area contributed by atoms with Gasteiger partial charge in [-0.05, 0) is 57.9 Å². The second kappa shape index (κ2) is 6.89. The number of nitrogens with one attached hydrogen (secondary N) is 1. The molecule has 0 spiro atoms. The maximum absolute atomic E-state index is 11.9. The first-order chi connectivity index (χ1) is 7.67. The highest BCUT2D eigenvalue weighted by molar-refractivity contribution is 5.78. The summed E-state index contributed by atoms with van der Waals surface area (Å²) in [5.74, 6) is 1.28. The molecule has 0 aromatic heterocycles. The Balaban J connectivity index is 2.27. The molecule has 0 aromatic rings. The van der Waals surface area contributed by atoms with Gasteiger partial charge in [0, 0.05) is 12.0 Å². The van der Waals surface area contributed by atoms with Gasteiger partial charge in [0.1, 0.15) is 0 Å². The minimum absolute atomic E-state index is 0.253. The van der Waals surface area contributed by atoms with Gasteiger partial charge in [0.05, 0.1) is 0 Å². The summed E-state index contributed by atoms with van der Waals surface area (Å²) >= 11 is 0. The van der Waals surface area contributed by atoms with E-state index in [0.717, 1.165) is 38.1 Å². The van der Waals surface area contributed by atoms with E-state index in [9.17, 15) is 4.79 Å². The standard InChI is InChI=1S/C13H26N2O/c1-3-10(2)15-13(16)12-6-4-11(5-7-12)8-9-14/h10-12H,3-9,14H2,1-2H3,(H,15,16). The Hall–Kier alpha value is -0.570. The molecule has 1 amide bonds. The Morgan fingerprint density at radius 3 is 2.50 bits per heavy atom. The van der Waals surface area contributed by atoms with Crippen LogP contribution in [0.25, 0.3) is 0 Å². The molecule has 1 aliphatic carbocycles. The molecule has 0 bridgehead atoms. The molecule has 94 valence electrons. The van der Waals surface area contributed by atoms with Gasteiger partial charge in [-0.1, -0.05) is 6.92 Å². The van der Waals surface area contributed by atoms with Crippen LogP contribution in [-0.2, 0) is 4.79 Å². The normalized spacial score (nSPS) is 27.4. The molecule has 3 N–H and O–H groups in total.